The topological polar surface area (TPSA) is 61.5 Å². The zero-order valence-corrected chi connectivity index (χ0v) is 11.2. The molecule has 110 valence electrons. The summed E-state index contributed by atoms with van der Waals surface area (Å²) in [5, 5.41) is 0. The smallest absolute Gasteiger partial charge is 0.340 e. The summed E-state index contributed by atoms with van der Waals surface area (Å²) in [4.78, 5) is 11.7. The van der Waals surface area contributed by atoms with Crippen LogP contribution in [0.15, 0.2) is 36.4 Å². The fraction of sp³-hybridized carbons (Fsp3) is 0.133. The summed E-state index contributed by atoms with van der Waals surface area (Å²) in [7, 11) is 0. The Morgan fingerprint density at radius 2 is 1.95 bits per heavy atom. The maximum absolute atomic E-state index is 13.5. The fourth-order valence-electron chi connectivity index (χ4n) is 1.67. The Hall–Kier alpha value is -2.63. The number of hydrogen-bond acceptors (Lipinski definition) is 4. The zero-order chi connectivity index (χ0) is 15.4. The van der Waals surface area contributed by atoms with Gasteiger partial charge in [0.15, 0.2) is 11.6 Å². The van der Waals surface area contributed by atoms with E-state index in [1.165, 1.54) is 18.2 Å². The summed E-state index contributed by atoms with van der Waals surface area (Å²) in [6, 6.07) is 7.04. The van der Waals surface area contributed by atoms with Crippen LogP contribution >= 0.6 is 0 Å². The largest absolute Gasteiger partial charge is 0.462 e. The van der Waals surface area contributed by atoms with Gasteiger partial charge in [-0.25, -0.2) is 13.6 Å². The Morgan fingerprint density at radius 3 is 2.67 bits per heavy atom. The molecule has 2 aromatic carbocycles. The number of anilines is 1. The van der Waals surface area contributed by atoms with E-state index >= 15 is 0 Å². The van der Waals surface area contributed by atoms with Crippen molar-refractivity contribution in [1.82, 2.24) is 0 Å². The number of esters is 1. The van der Waals surface area contributed by atoms with Crippen molar-refractivity contribution in [2.24, 2.45) is 0 Å². The van der Waals surface area contributed by atoms with E-state index in [0.29, 0.717) is 0 Å². The van der Waals surface area contributed by atoms with Gasteiger partial charge in [-0.05, 0) is 37.3 Å². The van der Waals surface area contributed by atoms with E-state index in [9.17, 15) is 13.6 Å². The van der Waals surface area contributed by atoms with Crippen LogP contribution in [-0.2, 0) is 4.74 Å². The van der Waals surface area contributed by atoms with Gasteiger partial charge in [-0.3, -0.25) is 0 Å². The normalized spacial score (nSPS) is 10.2. The molecule has 0 fully saturated rings. The molecule has 4 nitrogen and oxygen atoms in total. The average molecular weight is 293 g/mol. The van der Waals surface area contributed by atoms with Crippen LogP contribution in [0.25, 0.3) is 0 Å². The number of ether oxygens (including phenoxy) is 2. The number of carbonyl (C=O) groups excluding carboxylic acids is 1. The van der Waals surface area contributed by atoms with Gasteiger partial charge in [0.25, 0.3) is 0 Å². The van der Waals surface area contributed by atoms with E-state index in [0.717, 1.165) is 18.2 Å². The van der Waals surface area contributed by atoms with Crippen LogP contribution in [0.3, 0.4) is 0 Å². The number of carbonyl (C=O) groups is 1. The highest BCUT2D eigenvalue weighted by Crippen LogP contribution is 2.28. The van der Waals surface area contributed by atoms with E-state index in [4.69, 9.17) is 15.2 Å². The van der Waals surface area contributed by atoms with Crippen molar-refractivity contribution in [2.45, 2.75) is 6.92 Å². The van der Waals surface area contributed by atoms with Crippen molar-refractivity contribution in [3.05, 3.63) is 53.6 Å². The van der Waals surface area contributed by atoms with Gasteiger partial charge in [-0.2, -0.15) is 0 Å². The Labute approximate surface area is 120 Å². The van der Waals surface area contributed by atoms with Crippen LogP contribution < -0.4 is 10.5 Å². The molecule has 2 rings (SSSR count). The summed E-state index contributed by atoms with van der Waals surface area (Å²) >= 11 is 0. The van der Waals surface area contributed by atoms with E-state index in [-0.39, 0.29) is 29.4 Å². The van der Waals surface area contributed by atoms with E-state index in [1.807, 2.05) is 0 Å². The van der Waals surface area contributed by atoms with Gasteiger partial charge in [0, 0.05) is 11.8 Å². The van der Waals surface area contributed by atoms with Crippen LogP contribution in [0.4, 0.5) is 14.5 Å². The predicted molar refractivity (Wildman–Crippen MR) is 73.2 cm³/mol. The molecule has 0 bridgehead atoms. The SMILES string of the molecule is CCOC(=O)c1cc(Oc2cc(F)ccc2F)ccc1N. The van der Waals surface area contributed by atoms with Crippen LogP contribution in [0, 0.1) is 11.6 Å². The Morgan fingerprint density at radius 1 is 1.19 bits per heavy atom. The van der Waals surface area contributed by atoms with Gasteiger partial charge in [0.1, 0.15) is 11.6 Å². The lowest BCUT2D eigenvalue weighted by molar-refractivity contribution is 0.0527. The van der Waals surface area contributed by atoms with Gasteiger partial charge >= 0.3 is 5.97 Å². The van der Waals surface area contributed by atoms with E-state index in [1.54, 1.807) is 6.92 Å². The first-order valence-corrected chi connectivity index (χ1v) is 6.20. The molecule has 0 unspecified atom stereocenters. The lowest BCUT2D eigenvalue weighted by Crippen LogP contribution is -2.08. The first-order chi connectivity index (χ1) is 10.0. The molecule has 0 aliphatic heterocycles. The lowest BCUT2D eigenvalue weighted by Gasteiger charge is -2.10. The molecule has 2 N–H and O–H groups in total. The van der Waals surface area contributed by atoms with Crippen molar-refractivity contribution < 1.29 is 23.0 Å². The molecule has 0 aromatic heterocycles. The molecule has 0 heterocycles. The minimum Gasteiger partial charge on any atom is -0.462 e. The van der Waals surface area contributed by atoms with Crippen molar-refractivity contribution in [3.63, 3.8) is 0 Å². The summed E-state index contributed by atoms with van der Waals surface area (Å²) in [5.41, 5.74) is 5.99. The van der Waals surface area contributed by atoms with Crippen LogP contribution in [0.2, 0.25) is 0 Å². The number of hydrogen-bond donors (Lipinski definition) is 1. The van der Waals surface area contributed by atoms with Crippen molar-refractivity contribution in [3.8, 4) is 11.5 Å². The van der Waals surface area contributed by atoms with Gasteiger partial charge in [-0.15, -0.1) is 0 Å². The van der Waals surface area contributed by atoms with E-state index < -0.39 is 17.6 Å². The third-order valence-corrected chi connectivity index (χ3v) is 2.64. The van der Waals surface area contributed by atoms with Crippen LogP contribution in [0.5, 0.6) is 11.5 Å². The Balaban J connectivity index is 2.31. The molecule has 0 aliphatic rings. The van der Waals surface area contributed by atoms with Gasteiger partial charge in [0.2, 0.25) is 0 Å². The number of nitrogen functional groups attached to an aromatic ring is 1. The molecule has 21 heavy (non-hydrogen) atoms. The maximum atomic E-state index is 13.5. The molecule has 0 amide bonds. The number of nitrogens with two attached hydrogens (primary N) is 1. The molecule has 0 saturated heterocycles. The fourth-order valence-corrected chi connectivity index (χ4v) is 1.67. The third-order valence-electron chi connectivity index (χ3n) is 2.64. The Bertz CT molecular complexity index is 674. The first kappa shape index (κ1) is 14.8. The molecule has 0 saturated carbocycles. The summed E-state index contributed by atoms with van der Waals surface area (Å²) in [5.74, 6) is -2.09. The molecule has 0 aliphatic carbocycles. The van der Waals surface area contributed by atoms with Gasteiger partial charge in [0.05, 0.1) is 12.2 Å². The quantitative estimate of drug-likeness (QED) is 0.692. The molecule has 0 atom stereocenters. The van der Waals surface area contributed by atoms with Crippen LogP contribution in [-0.4, -0.2) is 12.6 Å². The first-order valence-electron chi connectivity index (χ1n) is 6.20. The second kappa shape index (κ2) is 6.21. The summed E-state index contributed by atoms with van der Waals surface area (Å²) < 4.78 is 36.7. The third kappa shape index (κ3) is 3.47. The molecule has 2 aromatic rings. The predicted octanol–water partition coefficient (Wildman–Crippen LogP) is 3.52. The van der Waals surface area contributed by atoms with E-state index in [2.05, 4.69) is 0 Å². The molecule has 0 spiro atoms. The number of rotatable bonds is 4. The molecule has 0 radical (unpaired) electrons. The molecular weight excluding hydrogens is 280 g/mol. The molecular formula is C15H13F2NO3. The second-order valence-corrected chi connectivity index (χ2v) is 4.15. The zero-order valence-electron chi connectivity index (χ0n) is 11.2. The lowest BCUT2D eigenvalue weighted by atomic mass is 10.1. The highest BCUT2D eigenvalue weighted by atomic mass is 19.1. The standard InChI is InChI=1S/C15H13F2NO3/c1-2-20-15(19)11-8-10(4-6-13(11)18)21-14-7-9(16)3-5-12(14)17/h3-8H,2,18H2,1H3. The minimum absolute atomic E-state index is 0.103. The minimum atomic E-state index is -0.717. The van der Waals surface area contributed by atoms with Gasteiger partial charge < -0.3 is 15.2 Å². The molecule has 6 heteroatoms. The maximum Gasteiger partial charge on any atom is 0.340 e. The number of halogens is 2. The van der Waals surface area contributed by atoms with Crippen molar-refractivity contribution in [2.75, 3.05) is 12.3 Å². The number of benzene rings is 2. The average Bonchev–Trinajstić information content (AvgIpc) is 2.45. The monoisotopic (exact) mass is 293 g/mol. The van der Waals surface area contributed by atoms with Crippen LogP contribution in [0.1, 0.15) is 17.3 Å². The second-order valence-electron chi connectivity index (χ2n) is 4.15. The highest BCUT2D eigenvalue weighted by molar-refractivity contribution is 5.95. The highest BCUT2D eigenvalue weighted by Gasteiger charge is 2.13. The Kier molecular flexibility index (Phi) is 4.37. The van der Waals surface area contributed by atoms with Crippen molar-refractivity contribution in [1.29, 1.82) is 0 Å². The summed E-state index contributed by atoms with van der Waals surface area (Å²) in [6.07, 6.45) is 0. The van der Waals surface area contributed by atoms with Crippen molar-refractivity contribution >= 4 is 11.7 Å². The summed E-state index contributed by atoms with van der Waals surface area (Å²) in [6.45, 7) is 1.86. The van der Waals surface area contributed by atoms with Gasteiger partial charge in [-0.1, -0.05) is 0 Å².